The maximum atomic E-state index is 12.2. The Morgan fingerprint density at radius 3 is 2.64 bits per heavy atom. The molecule has 1 aliphatic rings. The van der Waals surface area contributed by atoms with Crippen molar-refractivity contribution in [3.63, 3.8) is 0 Å². The summed E-state index contributed by atoms with van der Waals surface area (Å²) < 4.78 is 26.6. The molecule has 8 nitrogen and oxygen atoms in total. The van der Waals surface area contributed by atoms with E-state index in [1.165, 1.54) is 24.3 Å². The maximum absolute atomic E-state index is 12.2. The Bertz CT molecular complexity index is 670. The van der Waals surface area contributed by atoms with Gasteiger partial charge in [-0.25, -0.2) is 13.1 Å². The van der Waals surface area contributed by atoms with Gasteiger partial charge in [0.15, 0.2) is 0 Å². The molecule has 1 saturated heterocycles. The van der Waals surface area contributed by atoms with Gasteiger partial charge < -0.3 is 21.5 Å². The van der Waals surface area contributed by atoms with Gasteiger partial charge in [-0.3, -0.25) is 4.79 Å². The highest BCUT2D eigenvalue weighted by atomic mass is 32.2. The van der Waals surface area contributed by atoms with E-state index in [1.807, 2.05) is 0 Å². The van der Waals surface area contributed by atoms with Crippen LogP contribution in [0.3, 0.4) is 0 Å². The second-order valence-electron chi connectivity index (χ2n) is 6.25. The van der Waals surface area contributed by atoms with Crippen molar-refractivity contribution in [3.05, 3.63) is 29.8 Å². The van der Waals surface area contributed by atoms with Gasteiger partial charge in [-0.15, -0.1) is 0 Å². The zero-order valence-electron chi connectivity index (χ0n) is 14.1. The molecule has 1 fully saturated rings. The SMILES string of the molecule is NCCCNS(=O)(=O)c1ccc(C(=O)NC[C@@]2(O)CCCNC2)cc1. The van der Waals surface area contributed by atoms with Gasteiger partial charge in [0.25, 0.3) is 5.91 Å². The van der Waals surface area contributed by atoms with Gasteiger partial charge in [0.2, 0.25) is 10.0 Å². The minimum atomic E-state index is -3.60. The number of hydrogen-bond acceptors (Lipinski definition) is 6. The number of nitrogens with one attached hydrogen (secondary N) is 3. The average molecular weight is 370 g/mol. The molecule has 2 rings (SSSR count). The second kappa shape index (κ2) is 8.72. The molecule has 6 N–H and O–H groups in total. The van der Waals surface area contributed by atoms with Gasteiger partial charge in [-0.2, -0.15) is 0 Å². The van der Waals surface area contributed by atoms with Crippen molar-refractivity contribution in [1.82, 2.24) is 15.4 Å². The van der Waals surface area contributed by atoms with E-state index >= 15 is 0 Å². The van der Waals surface area contributed by atoms with Gasteiger partial charge in [-0.05, 0) is 56.6 Å². The highest BCUT2D eigenvalue weighted by Crippen LogP contribution is 2.15. The summed E-state index contributed by atoms with van der Waals surface area (Å²) in [6.07, 6.45) is 2.04. The van der Waals surface area contributed by atoms with Crippen LogP contribution in [0.4, 0.5) is 0 Å². The first-order valence-corrected chi connectivity index (χ1v) is 9.86. The Morgan fingerprint density at radius 1 is 1.32 bits per heavy atom. The fraction of sp³-hybridized carbons (Fsp3) is 0.562. The van der Waals surface area contributed by atoms with E-state index in [1.54, 1.807) is 0 Å². The number of amides is 1. The molecule has 0 bridgehead atoms. The quantitative estimate of drug-likeness (QED) is 0.379. The number of hydrogen-bond donors (Lipinski definition) is 5. The van der Waals surface area contributed by atoms with Crippen LogP contribution < -0.4 is 21.1 Å². The number of β-amino-alcohol motifs (C(OH)–C–C–N with tert-alkyl or cyclic N) is 1. The van der Waals surface area contributed by atoms with Crippen LogP contribution in [0.5, 0.6) is 0 Å². The third-order valence-electron chi connectivity index (χ3n) is 4.13. The number of aliphatic hydroxyl groups is 1. The van der Waals surface area contributed by atoms with Gasteiger partial charge >= 0.3 is 0 Å². The Hall–Kier alpha value is -1.52. The average Bonchev–Trinajstić information content (AvgIpc) is 2.61. The summed E-state index contributed by atoms with van der Waals surface area (Å²) >= 11 is 0. The summed E-state index contributed by atoms with van der Waals surface area (Å²) in [5, 5.41) is 16.1. The first-order valence-electron chi connectivity index (χ1n) is 8.37. The van der Waals surface area contributed by atoms with E-state index in [0.717, 1.165) is 13.0 Å². The van der Waals surface area contributed by atoms with Crippen molar-refractivity contribution in [2.75, 3.05) is 32.7 Å². The molecule has 0 spiro atoms. The molecule has 1 heterocycles. The maximum Gasteiger partial charge on any atom is 0.251 e. The normalized spacial score (nSPS) is 21.0. The Morgan fingerprint density at radius 2 is 2.04 bits per heavy atom. The van der Waals surface area contributed by atoms with Crippen molar-refractivity contribution in [2.24, 2.45) is 5.73 Å². The van der Waals surface area contributed by atoms with Gasteiger partial charge in [0, 0.05) is 25.2 Å². The third-order valence-corrected chi connectivity index (χ3v) is 5.60. The Kier molecular flexibility index (Phi) is 6.91. The van der Waals surface area contributed by atoms with Crippen LogP contribution in [-0.4, -0.2) is 57.8 Å². The molecule has 0 aromatic heterocycles. The van der Waals surface area contributed by atoms with E-state index in [-0.39, 0.29) is 23.9 Å². The smallest absolute Gasteiger partial charge is 0.251 e. The number of sulfonamides is 1. The summed E-state index contributed by atoms with van der Waals surface area (Å²) in [4.78, 5) is 12.3. The van der Waals surface area contributed by atoms with E-state index in [2.05, 4.69) is 15.4 Å². The largest absolute Gasteiger partial charge is 0.387 e. The van der Waals surface area contributed by atoms with Gasteiger partial charge in [0.1, 0.15) is 0 Å². The monoisotopic (exact) mass is 370 g/mol. The van der Waals surface area contributed by atoms with E-state index in [4.69, 9.17) is 5.73 Å². The minimum absolute atomic E-state index is 0.0937. The predicted octanol–water partition coefficient (Wildman–Crippen LogP) is -0.842. The minimum Gasteiger partial charge on any atom is -0.387 e. The summed E-state index contributed by atoms with van der Waals surface area (Å²) in [6, 6.07) is 5.68. The predicted molar refractivity (Wildman–Crippen MR) is 94.7 cm³/mol. The number of carbonyl (C=O) groups excluding carboxylic acids is 1. The Labute approximate surface area is 148 Å². The topological polar surface area (TPSA) is 134 Å². The highest BCUT2D eigenvalue weighted by molar-refractivity contribution is 7.89. The number of piperidine rings is 1. The van der Waals surface area contributed by atoms with Crippen LogP contribution in [0.1, 0.15) is 29.6 Å². The summed E-state index contributed by atoms with van der Waals surface area (Å²) in [6.45, 7) is 2.14. The number of rotatable bonds is 8. The molecule has 1 aromatic rings. The summed E-state index contributed by atoms with van der Waals surface area (Å²) in [5.74, 6) is -0.348. The highest BCUT2D eigenvalue weighted by Gasteiger charge is 2.29. The fourth-order valence-corrected chi connectivity index (χ4v) is 3.70. The van der Waals surface area contributed by atoms with Crippen molar-refractivity contribution in [2.45, 2.75) is 29.8 Å². The van der Waals surface area contributed by atoms with Crippen LogP contribution in [0.2, 0.25) is 0 Å². The van der Waals surface area contributed by atoms with Crippen LogP contribution in [0.25, 0.3) is 0 Å². The van der Waals surface area contributed by atoms with Crippen LogP contribution in [0.15, 0.2) is 29.2 Å². The molecule has 9 heteroatoms. The van der Waals surface area contributed by atoms with Crippen molar-refractivity contribution in [1.29, 1.82) is 0 Å². The van der Waals surface area contributed by atoms with E-state index in [9.17, 15) is 18.3 Å². The summed E-state index contributed by atoms with van der Waals surface area (Å²) in [5.41, 5.74) is 4.74. The molecule has 1 atom stereocenters. The molecule has 0 radical (unpaired) electrons. The van der Waals surface area contributed by atoms with Gasteiger partial charge in [-0.1, -0.05) is 0 Å². The second-order valence-corrected chi connectivity index (χ2v) is 8.02. The molecule has 0 unspecified atom stereocenters. The van der Waals surface area contributed by atoms with Gasteiger partial charge in [0.05, 0.1) is 10.5 Å². The first-order chi connectivity index (χ1) is 11.9. The molecule has 1 amide bonds. The lowest BCUT2D eigenvalue weighted by molar-refractivity contribution is 0.0170. The van der Waals surface area contributed by atoms with Crippen LogP contribution in [-0.2, 0) is 10.0 Å². The van der Waals surface area contributed by atoms with Crippen molar-refractivity contribution >= 4 is 15.9 Å². The van der Waals surface area contributed by atoms with Crippen molar-refractivity contribution in [3.8, 4) is 0 Å². The molecule has 1 aliphatic heterocycles. The molecule has 1 aromatic carbocycles. The lowest BCUT2D eigenvalue weighted by atomic mass is 9.94. The zero-order valence-corrected chi connectivity index (χ0v) is 14.9. The van der Waals surface area contributed by atoms with Crippen LogP contribution >= 0.6 is 0 Å². The molecule has 25 heavy (non-hydrogen) atoms. The third kappa shape index (κ3) is 5.75. The van der Waals surface area contributed by atoms with E-state index < -0.39 is 15.6 Å². The first kappa shape index (κ1) is 19.8. The van der Waals surface area contributed by atoms with Crippen molar-refractivity contribution < 1.29 is 18.3 Å². The standard InChI is InChI=1S/C16H26N4O4S/c17-8-2-10-20-25(23,24)14-5-3-13(4-6-14)15(21)19-12-16(22)7-1-9-18-11-16/h3-6,18,20,22H,1-2,7-12,17H2,(H,19,21)/t16-/m1/s1. The number of carbonyl (C=O) groups is 1. The summed E-state index contributed by atoms with van der Waals surface area (Å²) in [7, 11) is -3.60. The number of benzene rings is 1. The zero-order chi connectivity index (χ0) is 18.3. The number of nitrogens with two attached hydrogens (primary N) is 1. The lowest BCUT2D eigenvalue weighted by Crippen LogP contribution is -2.52. The molecular weight excluding hydrogens is 344 g/mol. The van der Waals surface area contributed by atoms with E-state index in [0.29, 0.717) is 31.5 Å². The Balaban J connectivity index is 1.93. The van der Waals surface area contributed by atoms with Crippen LogP contribution in [0, 0.1) is 0 Å². The molecule has 0 aliphatic carbocycles. The molecule has 0 saturated carbocycles. The molecular formula is C16H26N4O4S. The lowest BCUT2D eigenvalue weighted by Gasteiger charge is -2.32. The fourth-order valence-electron chi connectivity index (χ4n) is 2.63. The molecule has 140 valence electrons.